The molecule has 0 spiro atoms. The molecule has 1 aliphatic carbocycles. The summed E-state index contributed by atoms with van der Waals surface area (Å²) in [6, 6.07) is 3.71. The van der Waals surface area contributed by atoms with Crippen LogP contribution >= 0.6 is 0 Å². The monoisotopic (exact) mass is 231 g/mol. The molecule has 0 saturated carbocycles. The number of hydrogen-bond acceptors (Lipinski definition) is 3. The molecule has 3 nitrogen and oxygen atoms in total. The van der Waals surface area contributed by atoms with Gasteiger partial charge in [-0.15, -0.1) is 0 Å². The van der Waals surface area contributed by atoms with E-state index in [-0.39, 0.29) is 5.97 Å². The molecule has 2 rings (SSSR count). The Labute approximate surface area is 102 Å². The third-order valence-corrected chi connectivity index (χ3v) is 2.48. The second kappa shape index (κ2) is 4.32. The molecule has 0 aromatic carbocycles. The van der Waals surface area contributed by atoms with Crippen LogP contribution in [-0.2, 0) is 11.2 Å². The first-order valence-electron chi connectivity index (χ1n) is 5.85. The Hall–Kier alpha value is -1.64. The molecule has 0 saturated heterocycles. The van der Waals surface area contributed by atoms with Crippen molar-refractivity contribution in [3.63, 3.8) is 0 Å². The summed E-state index contributed by atoms with van der Waals surface area (Å²) in [5.41, 5.74) is 1.98. The minimum absolute atomic E-state index is 0.362. The molecule has 0 atom stereocenters. The molecule has 0 bridgehead atoms. The number of rotatable bonds is 1. The van der Waals surface area contributed by atoms with Crippen molar-refractivity contribution in [3.8, 4) is 0 Å². The van der Waals surface area contributed by atoms with E-state index in [1.165, 1.54) is 5.56 Å². The third kappa shape index (κ3) is 2.93. The largest absolute Gasteiger partial charge is 0.455 e. The first kappa shape index (κ1) is 11.8. The molecule has 90 valence electrons. The molecule has 0 amide bonds. The fraction of sp³-hybridized carbons (Fsp3) is 0.429. The second-order valence-electron chi connectivity index (χ2n) is 5.18. The van der Waals surface area contributed by atoms with E-state index in [2.05, 4.69) is 11.1 Å². The van der Waals surface area contributed by atoms with Crippen LogP contribution in [0.2, 0.25) is 0 Å². The maximum absolute atomic E-state index is 11.8. The van der Waals surface area contributed by atoms with Crippen LogP contribution in [0.5, 0.6) is 0 Å². The van der Waals surface area contributed by atoms with Crippen molar-refractivity contribution in [1.82, 2.24) is 4.98 Å². The van der Waals surface area contributed by atoms with Crippen LogP contribution in [0.1, 0.15) is 48.9 Å². The number of fused-ring (bicyclic) bond motifs is 1. The molecule has 1 aliphatic rings. The number of aromatic nitrogens is 1. The van der Waals surface area contributed by atoms with Crippen LogP contribution in [0.3, 0.4) is 0 Å². The zero-order valence-corrected chi connectivity index (χ0v) is 10.5. The summed E-state index contributed by atoms with van der Waals surface area (Å²) >= 11 is 0. The number of nitrogens with zero attached hydrogens (tertiary/aromatic N) is 1. The summed E-state index contributed by atoms with van der Waals surface area (Å²) in [7, 11) is 0. The summed E-state index contributed by atoms with van der Waals surface area (Å²) in [6.45, 7) is 5.55. The molecule has 1 heterocycles. The fourth-order valence-corrected chi connectivity index (χ4v) is 1.74. The number of carbonyl (C=O) groups is 1. The predicted molar refractivity (Wildman–Crippen MR) is 66.8 cm³/mol. The number of aryl methyl sites for hydroxylation is 1. The Balaban J connectivity index is 2.23. The van der Waals surface area contributed by atoms with E-state index >= 15 is 0 Å². The summed E-state index contributed by atoms with van der Waals surface area (Å²) in [4.78, 5) is 16.2. The molecule has 0 radical (unpaired) electrons. The van der Waals surface area contributed by atoms with Crippen molar-refractivity contribution in [1.29, 1.82) is 0 Å². The van der Waals surface area contributed by atoms with Crippen LogP contribution in [0.25, 0.3) is 6.08 Å². The van der Waals surface area contributed by atoms with Gasteiger partial charge in [0.25, 0.3) is 0 Å². The van der Waals surface area contributed by atoms with Gasteiger partial charge >= 0.3 is 5.97 Å². The topological polar surface area (TPSA) is 39.2 Å². The zero-order chi connectivity index (χ0) is 12.5. The average Bonchev–Trinajstić information content (AvgIpc) is 2.26. The highest BCUT2D eigenvalue weighted by Crippen LogP contribution is 2.18. The number of pyridine rings is 1. The lowest BCUT2D eigenvalue weighted by atomic mass is 10.0. The Morgan fingerprint density at radius 1 is 1.35 bits per heavy atom. The Morgan fingerprint density at radius 3 is 2.82 bits per heavy atom. The summed E-state index contributed by atoms with van der Waals surface area (Å²) in [5.74, 6) is -0.362. The zero-order valence-electron chi connectivity index (χ0n) is 10.5. The van der Waals surface area contributed by atoms with Crippen molar-refractivity contribution in [3.05, 3.63) is 35.2 Å². The van der Waals surface area contributed by atoms with E-state index in [0.717, 1.165) is 18.5 Å². The van der Waals surface area contributed by atoms with Gasteiger partial charge in [0, 0.05) is 0 Å². The highest BCUT2D eigenvalue weighted by atomic mass is 16.6. The first-order valence-corrected chi connectivity index (χ1v) is 5.85. The highest BCUT2D eigenvalue weighted by molar-refractivity contribution is 5.88. The number of esters is 1. The van der Waals surface area contributed by atoms with Gasteiger partial charge in [-0.05, 0) is 51.3 Å². The minimum atomic E-state index is -0.482. The Morgan fingerprint density at radius 2 is 2.12 bits per heavy atom. The van der Waals surface area contributed by atoms with Crippen molar-refractivity contribution in [2.45, 2.75) is 39.2 Å². The molecule has 3 heteroatoms. The van der Waals surface area contributed by atoms with Gasteiger partial charge in [0.15, 0.2) is 0 Å². The molecular formula is C14H17NO2. The van der Waals surface area contributed by atoms with Crippen LogP contribution in [0.15, 0.2) is 18.2 Å². The lowest BCUT2D eigenvalue weighted by molar-refractivity contribution is 0.00627. The lowest BCUT2D eigenvalue weighted by Gasteiger charge is -2.19. The van der Waals surface area contributed by atoms with Crippen LogP contribution in [0, 0.1) is 0 Å². The maximum Gasteiger partial charge on any atom is 0.357 e. The van der Waals surface area contributed by atoms with Gasteiger partial charge in [-0.25, -0.2) is 9.78 Å². The first-order chi connectivity index (χ1) is 7.96. The second-order valence-corrected chi connectivity index (χ2v) is 5.18. The van der Waals surface area contributed by atoms with Crippen LogP contribution < -0.4 is 0 Å². The van der Waals surface area contributed by atoms with E-state index in [1.807, 2.05) is 32.9 Å². The molecular weight excluding hydrogens is 214 g/mol. The van der Waals surface area contributed by atoms with Gasteiger partial charge in [-0.2, -0.15) is 0 Å². The van der Waals surface area contributed by atoms with E-state index in [0.29, 0.717) is 5.69 Å². The van der Waals surface area contributed by atoms with Crippen molar-refractivity contribution < 1.29 is 9.53 Å². The smallest absolute Gasteiger partial charge is 0.357 e. The molecule has 1 aromatic heterocycles. The van der Waals surface area contributed by atoms with Gasteiger partial charge in [0.1, 0.15) is 11.3 Å². The van der Waals surface area contributed by atoms with Crippen molar-refractivity contribution in [2.75, 3.05) is 0 Å². The lowest BCUT2D eigenvalue weighted by Crippen LogP contribution is -2.24. The third-order valence-electron chi connectivity index (χ3n) is 2.48. The number of hydrogen-bond donors (Lipinski definition) is 0. The van der Waals surface area contributed by atoms with Crippen molar-refractivity contribution in [2.24, 2.45) is 0 Å². The van der Waals surface area contributed by atoms with Crippen LogP contribution in [-0.4, -0.2) is 16.6 Å². The molecule has 0 unspecified atom stereocenters. The van der Waals surface area contributed by atoms with Crippen LogP contribution in [0.4, 0.5) is 0 Å². The molecule has 0 fully saturated rings. The quantitative estimate of drug-likeness (QED) is 0.697. The predicted octanol–water partition coefficient (Wildman–Crippen LogP) is 3.00. The summed E-state index contributed by atoms with van der Waals surface area (Å²) in [5, 5.41) is 0. The molecule has 1 aromatic rings. The van der Waals surface area contributed by atoms with E-state index in [4.69, 9.17) is 4.74 Å². The van der Waals surface area contributed by atoms with Gasteiger partial charge in [-0.1, -0.05) is 12.1 Å². The molecule has 0 aliphatic heterocycles. The number of carbonyl (C=O) groups excluding carboxylic acids is 1. The van der Waals surface area contributed by atoms with E-state index in [1.54, 1.807) is 6.07 Å². The number of allylic oxidation sites excluding steroid dienone is 1. The van der Waals surface area contributed by atoms with Gasteiger partial charge in [-0.3, -0.25) is 0 Å². The molecule has 17 heavy (non-hydrogen) atoms. The van der Waals surface area contributed by atoms with Gasteiger partial charge < -0.3 is 4.74 Å². The summed E-state index contributed by atoms with van der Waals surface area (Å²) < 4.78 is 5.29. The maximum atomic E-state index is 11.8. The standard InChI is InChI=1S/C14H17NO2/c1-14(2,3)17-13(16)12-9-8-10-6-4-5-7-11(10)15-12/h5,7-9H,4,6H2,1-3H3. The SMILES string of the molecule is CC(C)(C)OC(=O)c1ccc2c(n1)C=CCC2. The fourth-order valence-electron chi connectivity index (χ4n) is 1.74. The number of ether oxygens (including phenoxy) is 1. The van der Waals surface area contributed by atoms with Crippen molar-refractivity contribution >= 4 is 12.0 Å². The highest BCUT2D eigenvalue weighted by Gasteiger charge is 2.19. The van der Waals surface area contributed by atoms with Gasteiger partial charge in [0.05, 0.1) is 5.69 Å². The normalized spacial score (nSPS) is 14.3. The van der Waals surface area contributed by atoms with Gasteiger partial charge in [0.2, 0.25) is 0 Å². The molecule has 0 N–H and O–H groups in total. The Bertz CT molecular complexity index is 470. The van der Waals surface area contributed by atoms with E-state index < -0.39 is 5.60 Å². The summed E-state index contributed by atoms with van der Waals surface area (Å²) in [6.07, 6.45) is 6.08. The minimum Gasteiger partial charge on any atom is -0.455 e. The van der Waals surface area contributed by atoms with E-state index in [9.17, 15) is 4.79 Å². The average molecular weight is 231 g/mol. The Kier molecular flexibility index (Phi) is 3.01.